The predicted octanol–water partition coefficient (Wildman–Crippen LogP) is 1.76. The lowest BCUT2D eigenvalue weighted by molar-refractivity contribution is -0.146. The van der Waals surface area contributed by atoms with Crippen LogP contribution in [0, 0.1) is 11.3 Å². The molecule has 0 saturated carbocycles. The Balaban J connectivity index is 2.67. The maximum absolute atomic E-state index is 11.8. The van der Waals surface area contributed by atoms with Crippen molar-refractivity contribution in [2.45, 2.75) is 4.87 Å². The molecule has 1 aliphatic carbocycles. The van der Waals surface area contributed by atoms with Crippen molar-refractivity contribution >= 4 is 29.4 Å². The lowest BCUT2D eigenvalue weighted by atomic mass is 9.84. The molecule has 0 fully saturated rings. The van der Waals surface area contributed by atoms with E-state index in [9.17, 15) is 9.59 Å². The highest BCUT2D eigenvalue weighted by Crippen LogP contribution is 2.38. The van der Waals surface area contributed by atoms with Gasteiger partial charge in [0.15, 0.2) is 5.78 Å². The molecule has 1 aliphatic rings. The van der Waals surface area contributed by atoms with E-state index in [4.69, 9.17) is 16.9 Å². The number of allylic oxidation sites excluding steroid dienone is 1. The summed E-state index contributed by atoms with van der Waals surface area (Å²) < 4.78 is 4.59. The molecule has 1 aromatic carbocycles. The van der Waals surface area contributed by atoms with Crippen molar-refractivity contribution in [3.8, 4) is 6.07 Å². The van der Waals surface area contributed by atoms with Crippen LogP contribution in [0.1, 0.15) is 16.7 Å². The normalized spacial score (nSPS) is 21.1. The zero-order valence-electron chi connectivity index (χ0n) is 9.44. The quantitative estimate of drug-likeness (QED) is 0.439. The summed E-state index contributed by atoms with van der Waals surface area (Å²) in [7, 11) is 1.17. The second kappa shape index (κ2) is 4.28. The van der Waals surface area contributed by atoms with Gasteiger partial charge in [0.2, 0.25) is 4.87 Å². The molecule has 0 N–H and O–H groups in total. The molecule has 2 rings (SSSR count). The molecule has 0 heterocycles. The van der Waals surface area contributed by atoms with Crippen LogP contribution in [0.15, 0.2) is 24.3 Å². The first-order valence-electron chi connectivity index (χ1n) is 5.08. The summed E-state index contributed by atoms with van der Waals surface area (Å²) in [5.74, 6) is -1.38. The van der Waals surface area contributed by atoms with Gasteiger partial charge in [-0.05, 0) is 29.3 Å². The van der Waals surface area contributed by atoms with Gasteiger partial charge in [0.1, 0.15) is 0 Å². The van der Waals surface area contributed by atoms with E-state index >= 15 is 0 Å². The van der Waals surface area contributed by atoms with E-state index in [2.05, 4.69) is 4.74 Å². The number of ether oxygens (including phenoxy) is 1. The van der Waals surface area contributed by atoms with E-state index in [1.54, 1.807) is 6.07 Å². The second-order valence-corrected chi connectivity index (χ2v) is 4.33. The van der Waals surface area contributed by atoms with Crippen LogP contribution in [0.3, 0.4) is 0 Å². The fourth-order valence-electron chi connectivity index (χ4n) is 1.85. The number of ketones is 1. The van der Waals surface area contributed by atoms with Gasteiger partial charge < -0.3 is 4.74 Å². The lowest BCUT2D eigenvalue weighted by Gasteiger charge is -2.26. The van der Waals surface area contributed by atoms with Crippen molar-refractivity contribution in [2.75, 3.05) is 7.11 Å². The molecule has 0 unspecified atom stereocenters. The molecule has 0 saturated heterocycles. The standard InChI is InChI=1S/C13H8ClNO3/c1-18-12(17)13(14)10-4-2-8(7-15)6-9(10)3-5-11(13)16/h2-6H,1H3/t13-/m1/s1. The van der Waals surface area contributed by atoms with Crippen molar-refractivity contribution in [3.63, 3.8) is 0 Å². The fourth-order valence-corrected chi connectivity index (χ4v) is 2.16. The number of halogens is 1. The molecule has 4 nitrogen and oxygen atoms in total. The van der Waals surface area contributed by atoms with Crippen LogP contribution in [-0.2, 0) is 19.2 Å². The number of fused-ring (bicyclic) bond motifs is 1. The van der Waals surface area contributed by atoms with Gasteiger partial charge in [-0.25, -0.2) is 4.79 Å². The number of hydrogen-bond acceptors (Lipinski definition) is 4. The largest absolute Gasteiger partial charge is 0.467 e. The summed E-state index contributed by atoms with van der Waals surface area (Å²) in [5, 5.41) is 8.81. The fraction of sp³-hybridized carbons (Fsp3) is 0.154. The minimum Gasteiger partial charge on any atom is -0.467 e. The predicted molar refractivity (Wildman–Crippen MR) is 64.7 cm³/mol. The SMILES string of the molecule is COC(=O)[C@]1(Cl)C(=O)C=Cc2cc(C#N)ccc21. The molecule has 0 aliphatic heterocycles. The van der Waals surface area contributed by atoms with Crippen LogP contribution >= 0.6 is 11.6 Å². The third kappa shape index (κ3) is 1.60. The third-order valence-electron chi connectivity index (χ3n) is 2.77. The van der Waals surface area contributed by atoms with E-state index in [0.717, 1.165) is 0 Å². The van der Waals surface area contributed by atoms with E-state index in [-0.39, 0.29) is 0 Å². The Morgan fingerprint density at radius 3 is 2.78 bits per heavy atom. The first-order valence-corrected chi connectivity index (χ1v) is 5.46. The van der Waals surface area contributed by atoms with Crippen LogP contribution in [0.25, 0.3) is 6.08 Å². The topological polar surface area (TPSA) is 67.2 Å². The van der Waals surface area contributed by atoms with Crippen molar-refractivity contribution < 1.29 is 14.3 Å². The Kier molecular flexibility index (Phi) is 2.93. The van der Waals surface area contributed by atoms with Crippen LogP contribution in [-0.4, -0.2) is 18.9 Å². The second-order valence-electron chi connectivity index (χ2n) is 3.76. The molecule has 90 valence electrons. The number of carbonyl (C=O) groups is 2. The summed E-state index contributed by atoms with van der Waals surface area (Å²) in [6.45, 7) is 0. The Morgan fingerprint density at radius 1 is 1.44 bits per heavy atom. The molecule has 0 spiro atoms. The molecule has 5 heteroatoms. The Labute approximate surface area is 108 Å². The summed E-state index contributed by atoms with van der Waals surface area (Å²) in [5.41, 5.74) is 1.33. The van der Waals surface area contributed by atoms with Gasteiger partial charge in [0.05, 0.1) is 18.7 Å². The summed E-state index contributed by atoms with van der Waals surface area (Å²) in [4.78, 5) is 21.7. The number of alkyl halides is 1. The Hall–Kier alpha value is -2.12. The van der Waals surface area contributed by atoms with E-state index < -0.39 is 16.6 Å². The summed E-state index contributed by atoms with van der Waals surface area (Å²) >= 11 is 6.14. The van der Waals surface area contributed by atoms with Gasteiger partial charge in [-0.3, -0.25) is 4.79 Å². The highest BCUT2D eigenvalue weighted by Gasteiger charge is 2.48. The Morgan fingerprint density at radius 2 is 2.17 bits per heavy atom. The maximum Gasteiger partial charge on any atom is 0.339 e. The minimum absolute atomic E-state index is 0.336. The van der Waals surface area contributed by atoms with Crippen LogP contribution in [0.5, 0.6) is 0 Å². The maximum atomic E-state index is 11.8. The number of carbonyl (C=O) groups excluding carboxylic acids is 2. The molecule has 1 atom stereocenters. The summed E-state index contributed by atoms with van der Waals surface area (Å²) in [6.07, 6.45) is 2.75. The van der Waals surface area contributed by atoms with Gasteiger partial charge in [-0.2, -0.15) is 5.26 Å². The van der Waals surface area contributed by atoms with Crippen LogP contribution < -0.4 is 0 Å². The molecular formula is C13H8ClNO3. The molecule has 0 aromatic heterocycles. The van der Waals surface area contributed by atoms with Gasteiger partial charge in [-0.15, -0.1) is 0 Å². The average Bonchev–Trinajstić information content (AvgIpc) is 2.41. The molecular weight excluding hydrogens is 254 g/mol. The summed E-state index contributed by atoms with van der Waals surface area (Å²) in [6, 6.07) is 6.55. The molecule has 18 heavy (non-hydrogen) atoms. The molecule has 1 aromatic rings. The van der Waals surface area contributed by atoms with Crippen molar-refractivity contribution in [1.29, 1.82) is 5.26 Å². The number of esters is 1. The smallest absolute Gasteiger partial charge is 0.339 e. The van der Waals surface area contributed by atoms with Crippen molar-refractivity contribution in [2.24, 2.45) is 0 Å². The number of nitriles is 1. The van der Waals surface area contributed by atoms with E-state index in [0.29, 0.717) is 16.7 Å². The highest BCUT2D eigenvalue weighted by atomic mass is 35.5. The number of benzene rings is 1. The first kappa shape index (κ1) is 12.3. The van der Waals surface area contributed by atoms with Crippen molar-refractivity contribution in [3.05, 3.63) is 41.0 Å². The van der Waals surface area contributed by atoms with Gasteiger partial charge in [0.25, 0.3) is 0 Å². The van der Waals surface area contributed by atoms with Gasteiger partial charge in [0, 0.05) is 0 Å². The zero-order valence-corrected chi connectivity index (χ0v) is 10.2. The number of hydrogen-bond donors (Lipinski definition) is 0. The van der Waals surface area contributed by atoms with Gasteiger partial charge in [-0.1, -0.05) is 23.7 Å². The highest BCUT2D eigenvalue weighted by molar-refractivity contribution is 6.48. The van der Waals surface area contributed by atoms with Crippen LogP contribution in [0.4, 0.5) is 0 Å². The molecule has 0 amide bonds. The first-order chi connectivity index (χ1) is 8.53. The monoisotopic (exact) mass is 261 g/mol. The minimum atomic E-state index is -1.85. The lowest BCUT2D eigenvalue weighted by Crippen LogP contribution is -2.40. The molecule has 0 bridgehead atoms. The zero-order chi connectivity index (χ0) is 13.3. The Bertz CT molecular complexity index is 615. The molecule has 0 radical (unpaired) electrons. The number of nitrogens with zero attached hydrogens (tertiary/aromatic N) is 1. The van der Waals surface area contributed by atoms with Gasteiger partial charge >= 0.3 is 5.97 Å². The van der Waals surface area contributed by atoms with E-state index in [1.807, 2.05) is 6.07 Å². The third-order valence-corrected chi connectivity index (χ3v) is 3.32. The number of rotatable bonds is 1. The van der Waals surface area contributed by atoms with Crippen molar-refractivity contribution in [1.82, 2.24) is 0 Å². The number of methoxy groups -OCH3 is 1. The average molecular weight is 262 g/mol. The van der Waals surface area contributed by atoms with Crippen LogP contribution in [0.2, 0.25) is 0 Å². The van der Waals surface area contributed by atoms with E-state index in [1.165, 1.54) is 31.4 Å².